The topological polar surface area (TPSA) is 49.7 Å². The van der Waals surface area contributed by atoms with Crippen molar-refractivity contribution in [1.29, 1.82) is 0 Å². The molecule has 0 bridgehead atoms. The maximum atomic E-state index is 8.09. The van der Waals surface area contributed by atoms with E-state index in [-0.39, 0.29) is 62.1 Å². The summed E-state index contributed by atoms with van der Waals surface area (Å²) in [6, 6.07) is 0. The Hall–Kier alpha value is 1.45. The summed E-state index contributed by atoms with van der Waals surface area (Å²) >= 11 is 0. The molecule has 0 aliphatic heterocycles. The molecule has 0 spiro atoms. The predicted octanol–water partition coefficient (Wildman–Crippen LogP) is -1.93. The molecule has 0 aromatic heterocycles. The quantitative estimate of drug-likeness (QED) is 0.448. The van der Waals surface area contributed by atoms with Crippen molar-refractivity contribution in [2.45, 2.75) is 0 Å². The Morgan fingerprint density at radius 3 is 1.62 bits per heavy atom. The van der Waals surface area contributed by atoms with Crippen LogP contribution in [0.1, 0.15) is 0 Å². The summed E-state index contributed by atoms with van der Waals surface area (Å²) < 4.78 is 4.63. The van der Waals surface area contributed by atoms with Crippen molar-refractivity contribution in [2.75, 3.05) is 26.4 Å². The molecule has 0 radical (unpaired) electrons. The van der Waals surface area contributed by atoms with E-state index < -0.39 is 0 Å². The minimum atomic E-state index is 0. The molecule has 0 heterocycles. The van der Waals surface area contributed by atoms with Crippen molar-refractivity contribution < 1.29 is 14.9 Å². The van der Waals surface area contributed by atoms with E-state index in [0.717, 1.165) is 0 Å². The molecule has 8 heavy (non-hydrogen) atoms. The third kappa shape index (κ3) is 10.4. The average molecular weight is 245 g/mol. The average Bonchev–Trinajstić information content (AvgIpc) is 1.69. The molecule has 0 fully saturated rings. The number of rotatable bonds is 4. The molecule has 0 unspecified atom stereocenters. The van der Waals surface area contributed by atoms with Gasteiger partial charge in [0.05, 0.1) is 26.4 Å². The first-order chi connectivity index (χ1) is 3.41. The van der Waals surface area contributed by atoms with Crippen LogP contribution in [0.25, 0.3) is 0 Å². The third-order valence-electron chi connectivity index (χ3n) is 0.471. The Morgan fingerprint density at radius 2 is 1.38 bits per heavy atom. The third-order valence-corrected chi connectivity index (χ3v) is 0.471. The van der Waals surface area contributed by atoms with Gasteiger partial charge < -0.3 is 14.9 Å². The number of hydrogen-bond acceptors (Lipinski definition) is 3. The van der Waals surface area contributed by atoms with Gasteiger partial charge in [-0.05, 0) is 0 Å². The molecule has 0 rings (SSSR count). The van der Waals surface area contributed by atoms with Crippen LogP contribution < -0.4 is 0 Å². The van der Waals surface area contributed by atoms with Crippen LogP contribution >= 0.6 is 0 Å². The van der Waals surface area contributed by atoms with Crippen molar-refractivity contribution in [1.82, 2.24) is 0 Å². The van der Waals surface area contributed by atoms with E-state index in [2.05, 4.69) is 4.74 Å². The maximum absolute atomic E-state index is 8.09. The number of ether oxygens (including phenoxy) is 1. The number of aliphatic hydroxyl groups excluding tert-OH is 2. The summed E-state index contributed by atoms with van der Waals surface area (Å²) in [5, 5.41) is 16.2. The van der Waals surface area contributed by atoms with Gasteiger partial charge in [-0.1, -0.05) is 0 Å². The van der Waals surface area contributed by atoms with Gasteiger partial charge in [-0.15, -0.1) is 0 Å². The fraction of sp³-hybridized carbons (Fsp3) is 1.00. The van der Waals surface area contributed by atoms with Crippen LogP contribution in [0.3, 0.4) is 0 Å². The van der Waals surface area contributed by atoms with Crippen LogP contribution in [0.2, 0.25) is 0 Å². The van der Waals surface area contributed by atoms with E-state index in [0.29, 0.717) is 13.2 Å². The van der Waals surface area contributed by atoms with Gasteiger partial charge in [0.15, 0.2) is 0 Å². The van der Waals surface area contributed by atoms with Crippen LogP contribution in [0, 0.1) is 0 Å². The summed E-state index contributed by atoms with van der Waals surface area (Å²) in [6.07, 6.45) is 0. The Labute approximate surface area is 89.1 Å². The van der Waals surface area contributed by atoms with Crippen molar-refractivity contribution in [2.24, 2.45) is 0 Å². The van der Waals surface area contributed by atoms with Crippen molar-refractivity contribution in [3.8, 4) is 0 Å². The molecule has 2 N–H and O–H groups in total. The molecule has 3 nitrogen and oxygen atoms in total. The summed E-state index contributed by atoms with van der Waals surface area (Å²) in [5.41, 5.74) is 0. The fourth-order valence-corrected chi connectivity index (χ4v) is 0.231. The van der Waals surface area contributed by atoms with E-state index in [9.17, 15) is 0 Å². The Balaban J connectivity index is 0. The zero-order chi connectivity index (χ0) is 5.54. The Bertz CT molecular complexity index is 30.5. The van der Waals surface area contributed by atoms with Gasteiger partial charge in [0.2, 0.25) is 0 Å². The van der Waals surface area contributed by atoms with Gasteiger partial charge in [-0.25, -0.2) is 0 Å². The molecular weight excluding hydrogens is 233 g/mol. The number of hydrogen-bond donors (Lipinski definition) is 2. The summed E-state index contributed by atoms with van der Waals surface area (Å²) in [4.78, 5) is 0. The van der Waals surface area contributed by atoms with Crippen molar-refractivity contribution in [3.63, 3.8) is 0 Å². The monoisotopic (exact) mass is 246 g/mol. The molecule has 0 aliphatic rings. The summed E-state index contributed by atoms with van der Waals surface area (Å²) in [7, 11) is 0. The molecule has 0 saturated carbocycles. The second-order valence-corrected chi connectivity index (χ2v) is 1.06. The van der Waals surface area contributed by atoms with Crippen LogP contribution in [0.4, 0.5) is 0 Å². The van der Waals surface area contributed by atoms with E-state index in [1.165, 1.54) is 0 Å². The van der Waals surface area contributed by atoms with E-state index in [1.54, 1.807) is 0 Å². The van der Waals surface area contributed by atoms with E-state index in [1.807, 2.05) is 0 Å². The second-order valence-electron chi connectivity index (χ2n) is 1.06. The van der Waals surface area contributed by atoms with Gasteiger partial charge in [-0.3, -0.25) is 0 Å². The first-order valence-corrected chi connectivity index (χ1v) is 2.21. The van der Waals surface area contributed by atoms with Crippen LogP contribution in [-0.4, -0.2) is 85.5 Å². The normalized spacial score (nSPS) is 8.25. The fourth-order valence-electron chi connectivity index (χ4n) is 0.231. The zero-order valence-electron chi connectivity index (χ0n) is 4.13. The molecule has 0 aliphatic carbocycles. The van der Waals surface area contributed by atoms with E-state index >= 15 is 0 Å². The summed E-state index contributed by atoms with van der Waals surface area (Å²) in [5.74, 6) is 0. The summed E-state index contributed by atoms with van der Waals surface area (Å²) in [6.45, 7) is 0.696. The zero-order valence-corrected chi connectivity index (χ0v) is 4.13. The van der Waals surface area contributed by atoms with Crippen molar-refractivity contribution in [3.05, 3.63) is 0 Å². The number of aliphatic hydroxyl groups is 2. The molecular formula is C4H12BaO3. The molecule has 0 atom stereocenters. The van der Waals surface area contributed by atoms with Gasteiger partial charge in [0, 0.05) is 0 Å². The van der Waals surface area contributed by atoms with Gasteiger partial charge in [0.25, 0.3) is 0 Å². The van der Waals surface area contributed by atoms with Crippen LogP contribution in [0.5, 0.6) is 0 Å². The van der Waals surface area contributed by atoms with Crippen LogP contribution in [-0.2, 0) is 4.74 Å². The SMILES string of the molecule is OCCOCCO.[BaH2]. The molecule has 4 heteroatoms. The standard InChI is InChI=1S/C4H10O3.Ba.2H/c5-1-3-7-4-2-6;;;/h5-6H,1-4H2;;;. The molecule has 0 aromatic rings. The van der Waals surface area contributed by atoms with Crippen LogP contribution in [0.15, 0.2) is 0 Å². The van der Waals surface area contributed by atoms with Gasteiger partial charge in [0.1, 0.15) is 0 Å². The molecule has 0 aromatic carbocycles. The minimum absolute atomic E-state index is 0. The van der Waals surface area contributed by atoms with E-state index in [4.69, 9.17) is 10.2 Å². The molecule has 0 amide bonds. The van der Waals surface area contributed by atoms with Crippen molar-refractivity contribution >= 4 is 48.9 Å². The Kier molecular flexibility index (Phi) is 17.1. The van der Waals surface area contributed by atoms with Gasteiger partial charge in [-0.2, -0.15) is 0 Å². The first-order valence-electron chi connectivity index (χ1n) is 2.21. The van der Waals surface area contributed by atoms with Gasteiger partial charge >= 0.3 is 48.9 Å². The molecule has 48 valence electrons. The second kappa shape index (κ2) is 11.3. The predicted molar refractivity (Wildman–Crippen MR) is 33.5 cm³/mol. The Morgan fingerprint density at radius 1 is 1.00 bits per heavy atom. The first kappa shape index (κ1) is 12.2. The molecule has 0 saturated heterocycles.